The molecule has 5 aliphatic rings. The third-order valence-electron chi connectivity index (χ3n) is 7.52. The summed E-state index contributed by atoms with van der Waals surface area (Å²) in [4.78, 5) is 42.4. The van der Waals surface area contributed by atoms with Crippen molar-refractivity contribution in [1.82, 2.24) is 4.90 Å². The van der Waals surface area contributed by atoms with Gasteiger partial charge in [-0.2, -0.15) is 0 Å². The maximum absolute atomic E-state index is 13.7. The molecule has 0 N–H and O–H groups in total. The molecule has 4 heterocycles. The lowest BCUT2D eigenvalue weighted by molar-refractivity contribution is -0.133. The fourth-order valence-electron chi connectivity index (χ4n) is 6.52. The second kappa shape index (κ2) is 6.76. The SMILES string of the molecule is CC(=O)Oc1ccc(N2C(=O)C3C(C2=O)C2c4ccccc4C3C3CCCCN32)cc1. The molecule has 3 saturated heterocycles. The molecule has 6 heteroatoms. The second-order valence-corrected chi connectivity index (χ2v) is 9.05. The van der Waals surface area contributed by atoms with Crippen molar-refractivity contribution in [2.24, 2.45) is 11.8 Å². The zero-order chi connectivity index (χ0) is 21.3. The van der Waals surface area contributed by atoms with Crippen molar-refractivity contribution in [2.75, 3.05) is 11.4 Å². The van der Waals surface area contributed by atoms with Crippen LogP contribution in [0.5, 0.6) is 5.75 Å². The molecule has 3 fully saturated rings. The summed E-state index contributed by atoms with van der Waals surface area (Å²) in [7, 11) is 0. The second-order valence-electron chi connectivity index (χ2n) is 9.05. The van der Waals surface area contributed by atoms with Crippen LogP contribution in [0.25, 0.3) is 0 Å². The van der Waals surface area contributed by atoms with E-state index in [1.165, 1.54) is 29.4 Å². The Balaban J connectivity index is 1.42. The molecule has 5 unspecified atom stereocenters. The standard InChI is InChI=1S/C25H24N2O4/c1-14(28)31-16-11-9-15(10-12-16)27-24(29)21-20-17-6-2-3-7-18(17)23(22(21)25(27)30)26-13-5-4-8-19(20)26/h2-3,6-7,9-12,19-23H,4-5,8,13H2,1H3. The van der Waals surface area contributed by atoms with Gasteiger partial charge in [-0.15, -0.1) is 0 Å². The van der Waals surface area contributed by atoms with Crippen LogP contribution in [-0.4, -0.2) is 35.3 Å². The Morgan fingerprint density at radius 1 is 0.903 bits per heavy atom. The molecule has 2 amide bonds. The number of imide groups is 1. The maximum atomic E-state index is 13.7. The molecular weight excluding hydrogens is 392 g/mol. The van der Waals surface area contributed by atoms with E-state index < -0.39 is 5.97 Å². The highest BCUT2D eigenvalue weighted by atomic mass is 16.5. The van der Waals surface area contributed by atoms with Crippen molar-refractivity contribution in [3.05, 3.63) is 59.7 Å². The van der Waals surface area contributed by atoms with Gasteiger partial charge in [-0.3, -0.25) is 19.3 Å². The van der Waals surface area contributed by atoms with Crippen LogP contribution in [0.4, 0.5) is 5.69 Å². The lowest BCUT2D eigenvalue weighted by atomic mass is 9.59. The van der Waals surface area contributed by atoms with E-state index in [9.17, 15) is 14.4 Å². The van der Waals surface area contributed by atoms with E-state index >= 15 is 0 Å². The van der Waals surface area contributed by atoms with Crippen molar-refractivity contribution in [3.63, 3.8) is 0 Å². The number of anilines is 1. The quantitative estimate of drug-likeness (QED) is 0.426. The van der Waals surface area contributed by atoms with Crippen LogP contribution in [0, 0.1) is 11.8 Å². The number of amides is 2. The summed E-state index contributed by atoms with van der Waals surface area (Å²) in [5.41, 5.74) is 3.02. The molecular formula is C25H24N2O4. The third-order valence-corrected chi connectivity index (χ3v) is 7.52. The van der Waals surface area contributed by atoms with Crippen LogP contribution < -0.4 is 9.64 Å². The molecule has 0 saturated carbocycles. The number of nitrogens with zero attached hydrogens (tertiary/aromatic N) is 2. The molecule has 2 bridgehead atoms. The fraction of sp³-hybridized carbons (Fsp3) is 0.400. The highest BCUT2D eigenvalue weighted by Gasteiger charge is 2.65. The van der Waals surface area contributed by atoms with Gasteiger partial charge in [0.1, 0.15) is 5.75 Å². The normalized spacial score (nSPS) is 31.3. The molecule has 31 heavy (non-hydrogen) atoms. The van der Waals surface area contributed by atoms with E-state index in [1.807, 2.05) is 6.07 Å². The Morgan fingerprint density at radius 2 is 1.61 bits per heavy atom. The van der Waals surface area contributed by atoms with E-state index in [0.717, 1.165) is 19.4 Å². The van der Waals surface area contributed by atoms with Crippen LogP contribution in [0.2, 0.25) is 0 Å². The molecule has 0 radical (unpaired) electrons. The number of hydrogen-bond acceptors (Lipinski definition) is 5. The zero-order valence-corrected chi connectivity index (χ0v) is 17.4. The third kappa shape index (κ3) is 2.57. The predicted molar refractivity (Wildman–Crippen MR) is 113 cm³/mol. The molecule has 4 aliphatic heterocycles. The van der Waals surface area contributed by atoms with Gasteiger partial charge in [-0.1, -0.05) is 30.7 Å². The minimum atomic E-state index is -0.405. The summed E-state index contributed by atoms with van der Waals surface area (Å²) >= 11 is 0. The smallest absolute Gasteiger partial charge is 0.308 e. The minimum Gasteiger partial charge on any atom is -0.427 e. The maximum Gasteiger partial charge on any atom is 0.308 e. The fourth-order valence-corrected chi connectivity index (χ4v) is 6.52. The Hall–Kier alpha value is -2.99. The van der Waals surface area contributed by atoms with Gasteiger partial charge in [-0.05, 0) is 54.8 Å². The largest absolute Gasteiger partial charge is 0.427 e. The van der Waals surface area contributed by atoms with E-state index in [2.05, 4.69) is 23.1 Å². The molecule has 6 nitrogen and oxygen atoms in total. The Kier molecular flexibility index (Phi) is 4.09. The molecule has 2 aromatic carbocycles. The summed E-state index contributed by atoms with van der Waals surface area (Å²) in [6, 6.07) is 15.3. The molecule has 0 spiro atoms. The van der Waals surface area contributed by atoms with Gasteiger partial charge < -0.3 is 4.74 Å². The van der Waals surface area contributed by atoms with E-state index in [-0.39, 0.29) is 35.6 Å². The number of benzene rings is 2. The number of carbonyl (C=O) groups is 3. The monoisotopic (exact) mass is 416 g/mol. The lowest BCUT2D eigenvalue weighted by Crippen LogP contribution is -2.59. The summed E-state index contributed by atoms with van der Waals surface area (Å²) in [6.07, 6.45) is 3.40. The molecule has 2 aromatic rings. The number of rotatable bonds is 2. The Morgan fingerprint density at radius 3 is 2.35 bits per heavy atom. The van der Waals surface area contributed by atoms with Crippen LogP contribution in [0.3, 0.4) is 0 Å². The van der Waals surface area contributed by atoms with Crippen LogP contribution in [-0.2, 0) is 14.4 Å². The zero-order valence-electron chi connectivity index (χ0n) is 17.4. The average molecular weight is 416 g/mol. The number of carbonyl (C=O) groups excluding carboxylic acids is 3. The summed E-state index contributed by atoms with van der Waals surface area (Å²) < 4.78 is 5.10. The van der Waals surface area contributed by atoms with E-state index in [1.54, 1.807) is 24.3 Å². The highest BCUT2D eigenvalue weighted by molar-refractivity contribution is 6.23. The van der Waals surface area contributed by atoms with Crippen LogP contribution >= 0.6 is 0 Å². The van der Waals surface area contributed by atoms with E-state index in [0.29, 0.717) is 17.5 Å². The minimum absolute atomic E-state index is 0.0294. The van der Waals surface area contributed by atoms with Gasteiger partial charge in [0.2, 0.25) is 11.8 Å². The Labute approximate surface area is 180 Å². The first-order chi connectivity index (χ1) is 15.1. The summed E-state index contributed by atoms with van der Waals surface area (Å²) in [5, 5.41) is 0. The summed E-state index contributed by atoms with van der Waals surface area (Å²) in [5.74, 6) is -0.785. The number of ether oxygens (including phenoxy) is 1. The van der Waals surface area contributed by atoms with Crippen molar-refractivity contribution >= 4 is 23.5 Å². The predicted octanol–water partition coefficient (Wildman–Crippen LogP) is 3.42. The number of piperidine rings is 2. The molecule has 0 aromatic heterocycles. The highest BCUT2D eigenvalue weighted by Crippen LogP contribution is 2.61. The van der Waals surface area contributed by atoms with Gasteiger partial charge >= 0.3 is 5.97 Å². The number of esters is 1. The van der Waals surface area contributed by atoms with Crippen molar-refractivity contribution < 1.29 is 19.1 Å². The van der Waals surface area contributed by atoms with Crippen LogP contribution in [0.1, 0.15) is 49.3 Å². The van der Waals surface area contributed by atoms with Gasteiger partial charge in [0.15, 0.2) is 0 Å². The average Bonchev–Trinajstić information content (AvgIpc) is 3.05. The molecule has 1 aliphatic carbocycles. The van der Waals surface area contributed by atoms with Crippen molar-refractivity contribution in [1.29, 1.82) is 0 Å². The molecule has 158 valence electrons. The molecule has 5 atom stereocenters. The topological polar surface area (TPSA) is 66.9 Å². The van der Waals surface area contributed by atoms with Crippen molar-refractivity contribution in [3.8, 4) is 5.75 Å². The van der Waals surface area contributed by atoms with Gasteiger partial charge in [0.05, 0.1) is 17.5 Å². The van der Waals surface area contributed by atoms with Gasteiger partial charge in [0, 0.05) is 24.9 Å². The first-order valence-corrected chi connectivity index (χ1v) is 11.1. The van der Waals surface area contributed by atoms with E-state index in [4.69, 9.17) is 4.74 Å². The number of hydrogen-bond donors (Lipinski definition) is 0. The van der Waals surface area contributed by atoms with Crippen molar-refractivity contribution in [2.45, 2.75) is 44.2 Å². The first kappa shape index (κ1) is 18.8. The van der Waals surface area contributed by atoms with Gasteiger partial charge in [-0.25, -0.2) is 4.90 Å². The Bertz CT molecular complexity index is 1040. The first-order valence-electron chi connectivity index (χ1n) is 11.1. The van der Waals surface area contributed by atoms with Gasteiger partial charge in [0.25, 0.3) is 0 Å². The van der Waals surface area contributed by atoms with Crippen LogP contribution in [0.15, 0.2) is 48.5 Å². The molecule has 7 rings (SSSR count). The lowest BCUT2D eigenvalue weighted by Gasteiger charge is -2.57. The summed E-state index contributed by atoms with van der Waals surface area (Å²) in [6.45, 7) is 2.33.